The molecule has 0 aliphatic carbocycles. The van der Waals surface area contributed by atoms with Crippen LogP contribution >= 0.6 is 0 Å². The molecule has 1 heterocycles. The summed E-state index contributed by atoms with van der Waals surface area (Å²) in [6.45, 7) is 0. The number of nitrogens with zero attached hydrogens (tertiary/aromatic N) is 1. The van der Waals surface area contributed by atoms with Gasteiger partial charge in [0.15, 0.2) is 0 Å². The largest absolute Gasteiger partial charge is 0.427 e. The van der Waals surface area contributed by atoms with Crippen LogP contribution in [-0.4, -0.2) is 14.6 Å². The smallest absolute Gasteiger partial charge is 0.373 e. The van der Waals surface area contributed by atoms with Gasteiger partial charge in [-0.1, -0.05) is 0 Å². The molecule has 0 N–H and O–H groups in total. The molecule has 0 amide bonds. The van der Waals surface area contributed by atoms with Gasteiger partial charge in [0.2, 0.25) is 0 Å². The van der Waals surface area contributed by atoms with E-state index in [4.69, 9.17) is 0 Å². The summed E-state index contributed by atoms with van der Waals surface area (Å²) in [6.07, 6.45) is 3.60. The number of hydrogen-bond acceptors (Lipinski definition) is 3. The Morgan fingerprint density at radius 2 is 2.25 bits per heavy atom. The maximum absolute atomic E-state index is 10.2. The summed E-state index contributed by atoms with van der Waals surface area (Å²) in [7, 11) is -3.60. The number of rotatable bonds is 0. The minimum atomic E-state index is -3.60. The highest BCUT2D eigenvalue weighted by Crippen LogP contribution is 1.98. The van der Waals surface area contributed by atoms with Crippen molar-refractivity contribution in [1.29, 1.82) is 0 Å². The molecule has 44 valence electrons. The lowest BCUT2D eigenvalue weighted by atomic mass is 10.7. The van der Waals surface area contributed by atoms with Crippen LogP contribution in [0.4, 0.5) is 0 Å². The van der Waals surface area contributed by atoms with Gasteiger partial charge in [0, 0.05) is 6.21 Å². The van der Waals surface area contributed by atoms with Crippen LogP contribution in [0.5, 0.6) is 0 Å². The van der Waals surface area contributed by atoms with Crippen LogP contribution in [0, 0.1) is 0 Å². The second-order valence-corrected chi connectivity index (χ2v) is 2.37. The Kier molecular flexibility index (Phi) is 1.05. The molecule has 1 rings (SSSR count). The third-order valence-corrected chi connectivity index (χ3v) is 1.27. The topological polar surface area (TPSA) is 55.7 Å². The maximum Gasteiger partial charge on any atom is 0.427 e. The van der Waals surface area contributed by atoms with E-state index in [1.165, 1.54) is 6.08 Å². The van der Waals surface area contributed by atoms with Crippen molar-refractivity contribution in [2.75, 3.05) is 0 Å². The minimum Gasteiger partial charge on any atom is -0.373 e. The number of hydrogen-bond donors (Lipinski definition) is 0. The molecule has 0 bridgehead atoms. The van der Waals surface area contributed by atoms with Crippen LogP contribution < -0.4 is 0 Å². The molecule has 0 aromatic rings. The summed E-state index contributed by atoms with van der Waals surface area (Å²) >= 11 is 0. The third kappa shape index (κ3) is 1.06. The molecule has 8 heavy (non-hydrogen) atoms. The molecule has 0 saturated heterocycles. The summed E-state index contributed by atoms with van der Waals surface area (Å²) in [5, 5.41) is 0. The molecular weight excluding hydrogens is 130 g/mol. The zero-order valence-electron chi connectivity index (χ0n) is 3.81. The molecule has 5 heteroatoms. The van der Waals surface area contributed by atoms with Crippen LogP contribution in [0.3, 0.4) is 0 Å². The van der Waals surface area contributed by atoms with E-state index >= 15 is 0 Å². The van der Waals surface area contributed by atoms with Gasteiger partial charge in [-0.15, -0.1) is 4.40 Å². The molecule has 0 aromatic carbocycles. The lowest BCUT2D eigenvalue weighted by Crippen LogP contribution is -1.99. The van der Waals surface area contributed by atoms with Crippen molar-refractivity contribution in [2.45, 2.75) is 0 Å². The van der Waals surface area contributed by atoms with Crippen molar-refractivity contribution in [2.24, 2.45) is 4.40 Å². The summed E-state index contributed by atoms with van der Waals surface area (Å²) < 4.78 is 27.4. The third-order valence-electron chi connectivity index (χ3n) is 0.532. The average molecular weight is 133 g/mol. The molecule has 0 atom stereocenters. The molecule has 0 radical (unpaired) electrons. The second kappa shape index (κ2) is 1.59. The maximum atomic E-state index is 10.2. The van der Waals surface area contributed by atoms with E-state index in [0.717, 1.165) is 12.5 Å². The SMILES string of the molecule is O=S1(=O)N=CC=CO1. The van der Waals surface area contributed by atoms with Crippen LogP contribution in [0.15, 0.2) is 16.7 Å². The van der Waals surface area contributed by atoms with E-state index in [1.807, 2.05) is 0 Å². The first-order valence-corrected chi connectivity index (χ1v) is 3.21. The van der Waals surface area contributed by atoms with E-state index in [-0.39, 0.29) is 0 Å². The monoisotopic (exact) mass is 133 g/mol. The Balaban J connectivity index is 2.98. The molecule has 0 aromatic heterocycles. The van der Waals surface area contributed by atoms with Crippen molar-refractivity contribution < 1.29 is 12.6 Å². The lowest BCUT2D eigenvalue weighted by Gasteiger charge is -1.96. The van der Waals surface area contributed by atoms with Gasteiger partial charge in [-0.25, -0.2) is 0 Å². The molecule has 4 nitrogen and oxygen atoms in total. The van der Waals surface area contributed by atoms with E-state index in [0.29, 0.717) is 0 Å². The van der Waals surface area contributed by atoms with Crippen molar-refractivity contribution in [3.8, 4) is 0 Å². The van der Waals surface area contributed by atoms with E-state index in [9.17, 15) is 8.42 Å². The molecule has 1 aliphatic rings. The summed E-state index contributed by atoms with van der Waals surface area (Å²) in [4.78, 5) is 0. The van der Waals surface area contributed by atoms with E-state index in [1.54, 1.807) is 0 Å². The lowest BCUT2D eigenvalue weighted by molar-refractivity contribution is 0.444. The van der Waals surface area contributed by atoms with Gasteiger partial charge in [-0.05, 0) is 6.08 Å². The van der Waals surface area contributed by atoms with Gasteiger partial charge < -0.3 is 4.18 Å². The Morgan fingerprint density at radius 1 is 1.50 bits per heavy atom. The van der Waals surface area contributed by atoms with Crippen molar-refractivity contribution in [3.05, 3.63) is 12.3 Å². The molecular formula is C3H3NO3S. The summed E-state index contributed by atoms with van der Waals surface area (Å²) in [5.74, 6) is 0. The van der Waals surface area contributed by atoms with Crippen molar-refractivity contribution in [1.82, 2.24) is 0 Å². The number of allylic oxidation sites excluding steroid dienone is 1. The highest BCUT2D eigenvalue weighted by molar-refractivity contribution is 7.85. The fourth-order valence-electron chi connectivity index (χ4n) is 0.272. The summed E-state index contributed by atoms with van der Waals surface area (Å²) in [5.41, 5.74) is 0. The van der Waals surface area contributed by atoms with Crippen molar-refractivity contribution in [3.63, 3.8) is 0 Å². The Labute approximate surface area is 46.8 Å². The molecule has 0 saturated carbocycles. The Bertz CT molecular complexity index is 225. The average Bonchev–Trinajstić information content (AvgIpc) is 1.65. The fraction of sp³-hybridized carbons (Fsp3) is 0. The zero-order valence-corrected chi connectivity index (χ0v) is 4.63. The first-order valence-electron chi connectivity index (χ1n) is 1.84. The Hall–Kier alpha value is -0.840. The fourth-order valence-corrected chi connectivity index (χ4v) is 0.746. The predicted molar refractivity (Wildman–Crippen MR) is 27.6 cm³/mol. The van der Waals surface area contributed by atoms with Gasteiger partial charge in [0.25, 0.3) is 0 Å². The highest BCUT2D eigenvalue weighted by Gasteiger charge is 2.05. The second-order valence-electron chi connectivity index (χ2n) is 1.11. The minimum absolute atomic E-state index is 1.06. The van der Waals surface area contributed by atoms with Gasteiger partial charge >= 0.3 is 10.3 Å². The van der Waals surface area contributed by atoms with Gasteiger partial charge in [0.1, 0.15) is 6.26 Å². The molecule has 0 unspecified atom stereocenters. The molecule has 0 spiro atoms. The quantitative estimate of drug-likeness (QED) is 0.461. The van der Waals surface area contributed by atoms with Gasteiger partial charge in [0.05, 0.1) is 0 Å². The highest BCUT2D eigenvalue weighted by atomic mass is 32.2. The van der Waals surface area contributed by atoms with Gasteiger partial charge in [-0.2, -0.15) is 8.42 Å². The normalized spacial score (nSPS) is 22.5. The first-order chi connectivity index (χ1) is 3.71. The van der Waals surface area contributed by atoms with Crippen LogP contribution in [0.1, 0.15) is 0 Å². The first kappa shape index (κ1) is 5.30. The Morgan fingerprint density at radius 3 is 2.50 bits per heavy atom. The van der Waals surface area contributed by atoms with Gasteiger partial charge in [-0.3, -0.25) is 0 Å². The van der Waals surface area contributed by atoms with Crippen LogP contribution in [-0.2, 0) is 14.5 Å². The van der Waals surface area contributed by atoms with E-state index < -0.39 is 10.3 Å². The predicted octanol–water partition coefficient (Wildman–Crippen LogP) is -0.154. The molecule has 0 fully saturated rings. The van der Waals surface area contributed by atoms with Crippen molar-refractivity contribution >= 4 is 16.5 Å². The van der Waals surface area contributed by atoms with Crippen LogP contribution in [0.2, 0.25) is 0 Å². The standard InChI is InChI=1S/C3H3NO3S/c5-8(6)4-2-1-3-7-8/h1-3H. The molecule has 1 aliphatic heterocycles. The van der Waals surface area contributed by atoms with E-state index in [2.05, 4.69) is 8.58 Å². The zero-order chi connectivity index (χ0) is 6.04. The summed E-state index contributed by atoms with van der Waals surface area (Å²) in [6, 6.07) is 0. The van der Waals surface area contributed by atoms with Crippen LogP contribution in [0.25, 0.3) is 0 Å².